The van der Waals surface area contributed by atoms with E-state index in [9.17, 15) is 14.9 Å². The van der Waals surface area contributed by atoms with Crippen molar-refractivity contribution in [2.45, 2.75) is 6.92 Å². The number of aromatic nitrogens is 2. The summed E-state index contributed by atoms with van der Waals surface area (Å²) in [4.78, 5) is 29.4. The lowest BCUT2D eigenvalue weighted by atomic mass is 10.4. The Labute approximate surface area is 101 Å². The van der Waals surface area contributed by atoms with Gasteiger partial charge < -0.3 is 4.74 Å². The van der Waals surface area contributed by atoms with Crippen molar-refractivity contribution in [1.82, 2.24) is 9.97 Å². The monoisotopic (exact) mass is 260 g/mol. The van der Waals surface area contributed by atoms with Crippen molar-refractivity contribution < 1.29 is 14.5 Å². The van der Waals surface area contributed by atoms with Crippen LogP contribution in [0.2, 0.25) is 5.28 Å². The van der Waals surface area contributed by atoms with E-state index < -0.39 is 16.7 Å². The van der Waals surface area contributed by atoms with E-state index in [1.807, 2.05) is 0 Å². The summed E-state index contributed by atoms with van der Waals surface area (Å²) in [5.74, 6) is -0.214. The summed E-state index contributed by atoms with van der Waals surface area (Å²) in [6.07, 6.45) is 0.172. The quantitative estimate of drug-likeness (QED) is 0.465. The van der Waals surface area contributed by atoms with Gasteiger partial charge in [-0.05, 0) is 18.5 Å². The van der Waals surface area contributed by atoms with E-state index in [0.29, 0.717) is 0 Å². The van der Waals surface area contributed by atoms with E-state index >= 15 is 0 Å². The maximum absolute atomic E-state index is 11.4. The van der Waals surface area contributed by atoms with E-state index in [-0.39, 0.29) is 17.7 Å². The smallest absolute Gasteiger partial charge is 0.415 e. The Bertz CT molecular complexity index is 453. The number of ether oxygens (including phenoxy) is 1. The van der Waals surface area contributed by atoms with Crippen molar-refractivity contribution in [2.24, 2.45) is 0 Å². The van der Waals surface area contributed by atoms with Gasteiger partial charge >= 0.3 is 11.8 Å². The van der Waals surface area contributed by atoms with Crippen LogP contribution in [0, 0.1) is 10.1 Å². The van der Waals surface area contributed by atoms with Crippen LogP contribution in [0.25, 0.3) is 0 Å². The normalized spacial score (nSPS) is 9.82. The summed E-state index contributed by atoms with van der Waals surface area (Å²) in [5, 5.41) is 10.5. The second kappa shape index (κ2) is 5.39. The molecule has 0 spiro atoms. The van der Waals surface area contributed by atoms with Gasteiger partial charge in [-0.3, -0.25) is 15.0 Å². The van der Waals surface area contributed by atoms with E-state index in [1.54, 1.807) is 6.92 Å². The maximum Gasteiger partial charge on any atom is 0.415 e. The summed E-state index contributed by atoms with van der Waals surface area (Å²) in [5.41, 5.74) is -0.426. The molecule has 1 heterocycles. The zero-order valence-electron chi connectivity index (χ0n) is 9.08. The average molecular weight is 261 g/mol. The summed E-state index contributed by atoms with van der Waals surface area (Å²) in [6, 6.07) is 0. The topological polar surface area (TPSA) is 98.5 Å². The third kappa shape index (κ3) is 3.00. The predicted molar refractivity (Wildman–Crippen MR) is 59.1 cm³/mol. The molecular formula is C8H9ClN4O4. The molecule has 0 unspecified atom stereocenters. The first-order chi connectivity index (χ1) is 7.97. The Hall–Kier alpha value is -1.96. The van der Waals surface area contributed by atoms with E-state index in [4.69, 9.17) is 16.3 Å². The predicted octanol–water partition coefficient (Wildman–Crippen LogP) is 1.63. The highest BCUT2D eigenvalue weighted by Gasteiger charge is 2.25. The molecule has 92 valence electrons. The number of hydrogen-bond donors (Lipinski definition) is 0. The van der Waals surface area contributed by atoms with Crippen molar-refractivity contribution in [1.29, 1.82) is 0 Å². The van der Waals surface area contributed by atoms with Crippen molar-refractivity contribution in [3.05, 3.63) is 21.6 Å². The summed E-state index contributed by atoms with van der Waals surface area (Å²) < 4.78 is 4.69. The van der Waals surface area contributed by atoms with E-state index in [0.717, 1.165) is 11.1 Å². The largest absolute Gasteiger partial charge is 0.449 e. The Morgan fingerprint density at radius 3 is 2.88 bits per heavy atom. The van der Waals surface area contributed by atoms with Crippen molar-refractivity contribution in [3.63, 3.8) is 0 Å². The van der Waals surface area contributed by atoms with Gasteiger partial charge in [-0.25, -0.2) is 9.78 Å². The van der Waals surface area contributed by atoms with Crippen molar-refractivity contribution >= 4 is 29.2 Å². The number of hydrogen-bond acceptors (Lipinski definition) is 6. The molecule has 9 heteroatoms. The third-order valence-electron chi connectivity index (χ3n) is 1.78. The first-order valence-electron chi connectivity index (χ1n) is 4.54. The van der Waals surface area contributed by atoms with Crippen LogP contribution in [-0.4, -0.2) is 34.6 Å². The van der Waals surface area contributed by atoms with Crippen LogP contribution in [0.15, 0.2) is 6.20 Å². The molecule has 17 heavy (non-hydrogen) atoms. The number of anilines is 1. The number of carbonyl (C=O) groups excluding carboxylic acids is 1. The molecule has 1 aromatic heterocycles. The van der Waals surface area contributed by atoms with Gasteiger partial charge in [0.05, 0.1) is 11.5 Å². The van der Waals surface area contributed by atoms with Crippen LogP contribution in [0.5, 0.6) is 0 Å². The van der Waals surface area contributed by atoms with E-state index in [1.165, 1.54) is 7.05 Å². The summed E-state index contributed by atoms with van der Waals surface area (Å²) >= 11 is 5.52. The average Bonchev–Trinajstić information content (AvgIpc) is 2.27. The van der Waals surface area contributed by atoms with Crippen LogP contribution < -0.4 is 4.90 Å². The molecule has 0 bridgehead atoms. The molecule has 1 rings (SSSR count). The molecule has 0 saturated heterocycles. The van der Waals surface area contributed by atoms with Gasteiger partial charge in [-0.1, -0.05) is 0 Å². The zero-order chi connectivity index (χ0) is 13.0. The van der Waals surface area contributed by atoms with Gasteiger partial charge in [-0.15, -0.1) is 0 Å². The lowest BCUT2D eigenvalue weighted by molar-refractivity contribution is -0.384. The number of amides is 1. The molecule has 0 aliphatic heterocycles. The van der Waals surface area contributed by atoms with Gasteiger partial charge in [-0.2, -0.15) is 4.98 Å². The van der Waals surface area contributed by atoms with E-state index in [2.05, 4.69) is 9.97 Å². The van der Waals surface area contributed by atoms with Gasteiger partial charge in [0.25, 0.3) is 0 Å². The van der Waals surface area contributed by atoms with Crippen molar-refractivity contribution in [3.8, 4) is 0 Å². The minimum absolute atomic E-state index is 0.149. The number of halogens is 1. The Morgan fingerprint density at radius 2 is 2.35 bits per heavy atom. The van der Waals surface area contributed by atoms with Crippen LogP contribution in [0.3, 0.4) is 0 Å². The van der Waals surface area contributed by atoms with Crippen molar-refractivity contribution in [2.75, 3.05) is 18.6 Å². The second-order valence-electron chi connectivity index (χ2n) is 2.86. The Morgan fingerprint density at radius 1 is 1.71 bits per heavy atom. The second-order valence-corrected chi connectivity index (χ2v) is 3.20. The molecule has 0 aliphatic carbocycles. The lowest BCUT2D eigenvalue weighted by Gasteiger charge is -2.14. The molecule has 0 radical (unpaired) electrons. The van der Waals surface area contributed by atoms with Crippen LogP contribution >= 0.6 is 11.6 Å². The maximum atomic E-state index is 11.4. The molecule has 0 saturated carbocycles. The fourth-order valence-corrected chi connectivity index (χ4v) is 1.16. The molecular weight excluding hydrogens is 252 g/mol. The molecule has 8 nitrogen and oxygen atoms in total. The number of nitro groups is 1. The standard InChI is InChI=1S/C8H9ClN4O4/c1-3-17-8(14)12(2)6-5(13(15)16)4-10-7(9)11-6/h4H,3H2,1-2H3. The minimum Gasteiger partial charge on any atom is -0.449 e. The fraction of sp³-hybridized carbons (Fsp3) is 0.375. The fourth-order valence-electron chi connectivity index (χ4n) is 1.03. The number of rotatable bonds is 3. The summed E-state index contributed by atoms with van der Waals surface area (Å²) in [6.45, 7) is 1.77. The minimum atomic E-state index is -0.759. The Balaban J connectivity index is 3.14. The van der Waals surface area contributed by atoms with Gasteiger partial charge in [0.1, 0.15) is 6.20 Å². The summed E-state index contributed by atoms with van der Waals surface area (Å²) in [7, 11) is 1.30. The molecule has 0 fully saturated rings. The van der Waals surface area contributed by atoms with Gasteiger partial charge in [0, 0.05) is 7.05 Å². The molecule has 0 aliphatic rings. The number of nitrogens with zero attached hydrogens (tertiary/aromatic N) is 4. The van der Waals surface area contributed by atoms with Crippen LogP contribution in [0.4, 0.5) is 16.3 Å². The van der Waals surface area contributed by atoms with Crippen LogP contribution in [0.1, 0.15) is 6.92 Å². The molecule has 0 atom stereocenters. The molecule has 1 amide bonds. The Kier molecular flexibility index (Phi) is 4.16. The lowest BCUT2D eigenvalue weighted by Crippen LogP contribution is -2.28. The molecule has 0 aromatic carbocycles. The highest BCUT2D eigenvalue weighted by atomic mass is 35.5. The SMILES string of the molecule is CCOC(=O)N(C)c1nc(Cl)ncc1[N+](=O)[O-]. The highest BCUT2D eigenvalue weighted by molar-refractivity contribution is 6.28. The molecule has 0 N–H and O–H groups in total. The zero-order valence-corrected chi connectivity index (χ0v) is 9.84. The highest BCUT2D eigenvalue weighted by Crippen LogP contribution is 2.25. The van der Waals surface area contributed by atoms with Crippen LogP contribution in [-0.2, 0) is 4.74 Å². The first kappa shape index (κ1) is 13.1. The van der Waals surface area contributed by atoms with Gasteiger partial charge in [0.15, 0.2) is 0 Å². The molecule has 1 aromatic rings. The van der Waals surface area contributed by atoms with Gasteiger partial charge in [0.2, 0.25) is 11.1 Å². The first-order valence-corrected chi connectivity index (χ1v) is 4.92. The third-order valence-corrected chi connectivity index (χ3v) is 1.96. The number of carbonyl (C=O) groups is 1.